The summed E-state index contributed by atoms with van der Waals surface area (Å²) in [7, 11) is 1.81. The Bertz CT molecular complexity index is 880. The summed E-state index contributed by atoms with van der Waals surface area (Å²) < 4.78 is 7.88. The Hall–Kier alpha value is -1.83. The average Bonchev–Trinajstić information content (AvgIpc) is 3.19. The molecule has 0 aromatic carbocycles. The van der Waals surface area contributed by atoms with Gasteiger partial charge in [-0.3, -0.25) is 4.79 Å². The van der Waals surface area contributed by atoms with Crippen LogP contribution in [0.2, 0.25) is 5.02 Å². The zero-order chi connectivity index (χ0) is 18.5. The van der Waals surface area contributed by atoms with Crippen molar-refractivity contribution in [2.45, 2.75) is 24.9 Å². The minimum Gasteiger partial charge on any atom is -0.477 e. The van der Waals surface area contributed by atoms with Crippen LogP contribution < -0.4 is 0 Å². The molecular weight excluding hydrogens is 376 g/mol. The zero-order valence-electron chi connectivity index (χ0n) is 14.3. The third-order valence-corrected chi connectivity index (χ3v) is 6.66. The van der Waals surface area contributed by atoms with Crippen LogP contribution in [0.4, 0.5) is 0 Å². The number of piperidine rings is 1. The monoisotopic (exact) mass is 394 g/mol. The van der Waals surface area contributed by atoms with Crippen LogP contribution in [0.3, 0.4) is 0 Å². The largest absolute Gasteiger partial charge is 0.477 e. The Kier molecular flexibility index (Phi) is 4.33. The van der Waals surface area contributed by atoms with Crippen molar-refractivity contribution in [3.05, 3.63) is 44.4 Å². The highest BCUT2D eigenvalue weighted by atomic mass is 35.5. The Morgan fingerprint density at radius 1 is 1.31 bits per heavy atom. The van der Waals surface area contributed by atoms with Crippen molar-refractivity contribution in [1.29, 1.82) is 0 Å². The molecule has 2 aromatic heterocycles. The molecule has 0 saturated carbocycles. The molecule has 4 heterocycles. The van der Waals surface area contributed by atoms with E-state index in [1.165, 1.54) is 11.3 Å². The summed E-state index contributed by atoms with van der Waals surface area (Å²) in [6, 6.07) is 3.44. The Morgan fingerprint density at radius 2 is 2.04 bits per heavy atom. The minimum atomic E-state index is -0.896. The number of thiophene rings is 1. The second kappa shape index (κ2) is 6.40. The fourth-order valence-electron chi connectivity index (χ4n) is 3.91. The maximum absolute atomic E-state index is 12.8. The van der Waals surface area contributed by atoms with Gasteiger partial charge in [-0.25, -0.2) is 4.79 Å². The van der Waals surface area contributed by atoms with Gasteiger partial charge in [0.25, 0.3) is 5.91 Å². The molecule has 2 aliphatic rings. The molecule has 2 aromatic rings. The van der Waals surface area contributed by atoms with E-state index in [9.17, 15) is 14.7 Å². The number of rotatable bonds is 2. The first-order chi connectivity index (χ1) is 12.4. The fraction of sp³-hybridized carbons (Fsp3) is 0.444. The maximum atomic E-state index is 12.8. The standard InChI is InChI=1S/C18H19ClN2O4S/c1-20-10-11(19)8-13(20)16(22)21-5-3-18(4-6-21)12-9-15(17(23)24)26-14(12)2-7-25-18/h8-10H,2-7H2,1H3,(H,23,24). The smallest absolute Gasteiger partial charge is 0.345 e. The summed E-state index contributed by atoms with van der Waals surface area (Å²) >= 11 is 7.33. The molecule has 6 nitrogen and oxygen atoms in total. The number of hydrogen-bond donors (Lipinski definition) is 1. The number of carbonyl (C=O) groups is 2. The van der Waals surface area contributed by atoms with Gasteiger partial charge in [-0.05, 0) is 30.5 Å². The Labute approximate surface area is 159 Å². The molecule has 138 valence electrons. The van der Waals surface area contributed by atoms with Crippen LogP contribution in [0.5, 0.6) is 0 Å². The van der Waals surface area contributed by atoms with E-state index in [0.717, 1.165) is 16.9 Å². The Balaban J connectivity index is 1.55. The summed E-state index contributed by atoms with van der Waals surface area (Å²) in [6.45, 7) is 1.73. The third kappa shape index (κ3) is 2.84. The van der Waals surface area contributed by atoms with E-state index in [0.29, 0.717) is 48.1 Å². The molecule has 2 aliphatic heterocycles. The highest BCUT2D eigenvalue weighted by Crippen LogP contribution is 2.44. The number of halogens is 1. The van der Waals surface area contributed by atoms with Gasteiger partial charge in [-0.15, -0.1) is 11.3 Å². The van der Waals surface area contributed by atoms with Crippen LogP contribution in [0.15, 0.2) is 18.3 Å². The van der Waals surface area contributed by atoms with E-state index in [-0.39, 0.29) is 5.91 Å². The molecule has 0 radical (unpaired) electrons. The third-order valence-electron chi connectivity index (χ3n) is 5.27. The van der Waals surface area contributed by atoms with Crippen molar-refractivity contribution in [3.63, 3.8) is 0 Å². The van der Waals surface area contributed by atoms with Crippen molar-refractivity contribution < 1.29 is 19.4 Å². The first kappa shape index (κ1) is 17.6. The van der Waals surface area contributed by atoms with Crippen LogP contribution >= 0.6 is 22.9 Å². The van der Waals surface area contributed by atoms with Crippen molar-refractivity contribution in [3.8, 4) is 0 Å². The molecule has 8 heteroatoms. The van der Waals surface area contributed by atoms with Crippen LogP contribution in [-0.4, -0.2) is 46.1 Å². The van der Waals surface area contributed by atoms with Crippen LogP contribution in [0.25, 0.3) is 0 Å². The molecule has 0 unspecified atom stereocenters. The molecule has 1 N–H and O–H groups in total. The quantitative estimate of drug-likeness (QED) is 0.849. The number of hydrogen-bond acceptors (Lipinski definition) is 4. The van der Waals surface area contributed by atoms with Gasteiger partial charge < -0.3 is 19.3 Å². The topological polar surface area (TPSA) is 71.8 Å². The first-order valence-corrected chi connectivity index (χ1v) is 9.71. The van der Waals surface area contributed by atoms with Crippen molar-refractivity contribution in [2.75, 3.05) is 19.7 Å². The fourth-order valence-corrected chi connectivity index (χ4v) is 5.23. The number of ether oxygens (including phenoxy) is 1. The van der Waals surface area contributed by atoms with Gasteiger partial charge in [-0.1, -0.05) is 11.6 Å². The molecule has 1 fully saturated rings. The lowest BCUT2D eigenvalue weighted by Gasteiger charge is -2.44. The predicted molar refractivity (Wildman–Crippen MR) is 98.2 cm³/mol. The average molecular weight is 395 g/mol. The molecule has 26 heavy (non-hydrogen) atoms. The van der Waals surface area contributed by atoms with Gasteiger partial charge >= 0.3 is 5.97 Å². The van der Waals surface area contributed by atoms with Crippen molar-refractivity contribution in [1.82, 2.24) is 9.47 Å². The number of likely N-dealkylation sites (tertiary alicyclic amines) is 1. The van der Waals surface area contributed by atoms with E-state index in [1.54, 1.807) is 29.9 Å². The van der Waals surface area contributed by atoms with Crippen LogP contribution in [0, 0.1) is 0 Å². The maximum Gasteiger partial charge on any atom is 0.345 e. The lowest BCUT2D eigenvalue weighted by Crippen LogP contribution is -2.48. The molecular formula is C18H19ClN2O4S. The predicted octanol–water partition coefficient (Wildman–Crippen LogP) is 3.14. The van der Waals surface area contributed by atoms with Crippen LogP contribution in [-0.2, 0) is 23.8 Å². The number of carboxylic acid groups (broad SMARTS) is 1. The van der Waals surface area contributed by atoms with Gasteiger partial charge in [0.1, 0.15) is 10.6 Å². The van der Waals surface area contributed by atoms with Gasteiger partial charge in [0, 0.05) is 37.6 Å². The highest BCUT2D eigenvalue weighted by molar-refractivity contribution is 7.14. The first-order valence-electron chi connectivity index (χ1n) is 8.51. The number of amides is 1. The van der Waals surface area contributed by atoms with Gasteiger partial charge in [-0.2, -0.15) is 0 Å². The number of carboxylic acids is 1. The number of fused-ring (bicyclic) bond motifs is 2. The highest BCUT2D eigenvalue weighted by Gasteiger charge is 2.43. The second-order valence-corrected chi connectivity index (χ2v) is 8.37. The number of aromatic carboxylic acids is 1. The van der Waals surface area contributed by atoms with Gasteiger partial charge in [0.2, 0.25) is 0 Å². The van der Waals surface area contributed by atoms with E-state index >= 15 is 0 Å². The second-order valence-electron chi connectivity index (χ2n) is 6.79. The van der Waals surface area contributed by atoms with E-state index in [2.05, 4.69) is 0 Å². The number of carbonyl (C=O) groups excluding carboxylic acids is 1. The molecule has 1 amide bonds. The summed E-state index contributed by atoms with van der Waals surface area (Å²) in [5, 5.41) is 9.84. The molecule has 0 aliphatic carbocycles. The van der Waals surface area contributed by atoms with Gasteiger partial charge in [0.05, 0.1) is 17.2 Å². The molecule has 0 atom stereocenters. The lowest BCUT2D eigenvalue weighted by molar-refractivity contribution is -0.0927. The summed E-state index contributed by atoms with van der Waals surface area (Å²) in [4.78, 5) is 27.4. The Morgan fingerprint density at radius 3 is 2.65 bits per heavy atom. The number of aryl methyl sites for hydroxylation is 1. The lowest BCUT2D eigenvalue weighted by atomic mass is 9.82. The van der Waals surface area contributed by atoms with E-state index < -0.39 is 11.6 Å². The minimum absolute atomic E-state index is 0.0400. The number of nitrogens with zero attached hydrogens (tertiary/aromatic N) is 2. The van der Waals surface area contributed by atoms with Gasteiger partial charge in [0.15, 0.2) is 0 Å². The molecule has 4 rings (SSSR count). The molecule has 1 spiro atoms. The molecule has 1 saturated heterocycles. The van der Waals surface area contributed by atoms with Crippen LogP contribution in [0.1, 0.15) is 43.4 Å². The van der Waals surface area contributed by atoms with E-state index in [4.69, 9.17) is 16.3 Å². The summed E-state index contributed by atoms with van der Waals surface area (Å²) in [5.41, 5.74) is 1.10. The summed E-state index contributed by atoms with van der Waals surface area (Å²) in [6.07, 6.45) is 3.80. The SMILES string of the molecule is Cn1cc(Cl)cc1C(=O)N1CCC2(CC1)OCCc1sc(C(=O)O)cc12. The van der Waals surface area contributed by atoms with Crippen molar-refractivity contribution >= 4 is 34.8 Å². The normalized spacial score (nSPS) is 18.8. The summed E-state index contributed by atoms with van der Waals surface area (Å²) in [5.74, 6) is -0.936. The van der Waals surface area contributed by atoms with E-state index in [1.807, 2.05) is 4.90 Å². The zero-order valence-corrected chi connectivity index (χ0v) is 15.9. The molecule has 0 bridgehead atoms. The van der Waals surface area contributed by atoms with Crippen molar-refractivity contribution in [2.24, 2.45) is 7.05 Å². The number of aromatic nitrogens is 1.